The van der Waals surface area contributed by atoms with Gasteiger partial charge in [0.15, 0.2) is 5.11 Å². The SMILES string of the molecule is Cc1cccc(NC(=O)CCN2C(=S)N[C@@H](c3ccccn3)[C@@H]2c2cc(C)n(C(C)C)c2C)c1. The first-order valence-corrected chi connectivity index (χ1v) is 12.2. The van der Waals surface area contributed by atoms with Gasteiger partial charge in [0.05, 0.1) is 17.8 Å². The number of carbonyl (C=O) groups is 1. The zero-order valence-electron chi connectivity index (χ0n) is 20.5. The molecule has 2 aromatic heterocycles. The third-order valence-corrected chi connectivity index (χ3v) is 6.79. The molecule has 1 amide bonds. The number of amides is 1. The van der Waals surface area contributed by atoms with Gasteiger partial charge in [0.2, 0.25) is 5.91 Å². The van der Waals surface area contributed by atoms with Crippen LogP contribution in [0.3, 0.4) is 0 Å². The van der Waals surface area contributed by atoms with Crippen molar-refractivity contribution in [1.82, 2.24) is 19.8 Å². The van der Waals surface area contributed by atoms with E-state index in [1.165, 1.54) is 17.0 Å². The van der Waals surface area contributed by atoms with Gasteiger partial charge in [-0.05, 0) is 88.3 Å². The molecule has 0 bridgehead atoms. The van der Waals surface area contributed by atoms with Crippen molar-refractivity contribution < 1.29 is 4.79 Å². The highest BCUT2D eigenvalue weighted by molar-refractivity contribution is 7.80. The van der Waals surface area contributed by atoms with Gasteiger partial charge in [-0.2, -0.15) is 0 Å². The Bertz CT molecular complexity index is 1190. The Morgan fingerprint density at radius 1 is 1.15 bits per heavy atom. The number of thiocarbonyl (C=S) groups is 1. The minimum Gasteiger partial charge on any atom is -0.352 e. The lowest BCUT2D eigenvalue weighted by atomic mass is 9.96. The molecule has 0 spiro atoms. The Labute approximate surface area is 207 Å². The number of anilines is 1. The maximum atomic E-state index is 12.8. The van der Waals surface area contributed by atoms with E-state index in [1.807, 2.05) is 55.6 Å². The molecule has 2 N–H and O–H groups in total. The molecule has 0 unspecified atom stereocenters. The van der Waals surface area contributed by atoms with E-state index in [0.29, 0.717) is 24.1 Å². The molecule has 0 aliphatic carbocycles. The fraction of sp³-hybridized carbons (Fsp3) is 0.370. The van der Waals surface area contributed by atoms with Crippen LogP contribution < -0.4 is 10.6 Å². The summed E-state index contributed by atoms with van der Waals surface area (Å²) < 4.78 is 2.36. The smallest absolute Gasteiger partial charge is 0.226 e. The van der Waals surface area contributed by atoms with Crippen molar-refractivity contribution in [2.45, 2.75) is 59.2 Å². The van der Waals surface area contributed by atoms with Crippen LogP contribution in [0.25, 0.3) is 0 Å². The van der Waals surface area contributed by atoms with Gasteiger partial charge in [0, 0.05) is 42.3 Å². The fourth-order valence-corrected chi connectivity index (χ4v) is 5.38. The van der Waals surface area contributed by atoms with E-state index < -0.39 is 0 Å². The van der Waals surface area contributed by atoms with Crippen molar-refractivity contribution in [3.8, 4) is 0 Å². The van der Waals surface area contributed by atoms with Gasteiger partial charge in [0.25, 0.3) is 0 Å². The molecule has 3 aromatic rings. The second-order valence-corrected chi connectivity index (χ2v) is 9.66. The summed E-state index contributed by atoms with van der Waals surface area (Å²) in [6, 6.07) is 16.3. The zero-order chi connectivity index (χ0) is 24.4. The van der Waals surface area contributed by atoms with Crippen LogP contribution in [0.15, 0.2) is 54.7 Å². The first kappa shape index (κ1) is 24.0. The lowest BCUT2D eigenvalue weighted by molar-refractivity contribution is -0.116. The van der Waals surface area contributed by atoms with Gasteiger partial charge < -0.3 is 20.1 Å². The molecule has 0 radical (unpaired) electrons. The Kier molecular flexibility index (Phi) is 7.03. The lowest BCUT2D eigenvalue weighted by Crippen LogP contribution is -2.33. The number of hydrogen-bond donors (Lipinski definition) is 2. The largest absolute Gasteiger partial charge is 0.352 e. The van der Waals surface area contributed by atoms with Gasteiger partial charge in [-0.25, -0.2) is 0 Å². The van der Waals surface area contributed by atoms with Gasteiger partial charge >= 0.3 is 0 Å². The third-order valence-electron chi connectivity index (χ3n) is 6.44. The van der Waals surface area contributed by atoms with E-state index in [2.05, 4.69) is 58.8 Å². The maximum Gasteiger partial charge on any atom is 0.226 e. The molecular formula is C27H33N5OS. The first-order valence-electron chi connectivity index (χ1n) is 11.8. The molecule has 4 rings (SSSR count). The number of carbonyl (C=O) groups excluding carboxylic acids is 1. The number of aryl methyl sites for hydroxylation is 2. The zero-order valence-corrected chi connectivity index (χ0v) is 21.3. The molecule has 3 heterocycles. The summed E-state index contributed by atoms with van der Waals surface area (Å²) in [5.74, 6) is -0.0268. The lowest BCUT2D eigenvalue weighted by Gasteiger charge is -2.28. The first-order chi connectivity index (χ1) is 16.3. The van der Waals surface area contributed by atoms with Crippen LogP contribution in [0.2, 0.25) is 0 Å². The number of aromatic nitrogens is 2. The molecule has 34 heavy (non-hydrogen) atoms. The third kappa shape index (κ3) is 4.85. The summed E-state index contributed by atoms with van der Waals surface area (Å²) in [6.07, 6.45) is 2.15. The Morgan fingerprint density at radius 3 is 2.59 bits per heavy atom. The standard InChI is InChI=1S/C27H33N5OS/c1-17(2)32-19(4)16-22(20(32)5)26-25(23-11-6-7-13-28-23)30-27(34)31(26)14-12-24(33)29-21-10-8-9-18(3)15-21/h6-11,13,15-17,25-26H,12,14H2,1-5H3,(H,29,33)(H,30,34)/t25-,26-/m0/s1. The highest BCUT2D eigenvalue weighted by Gasteiger charge is 2.41. The van der Waals surface area contributed by atoms with Gasteiger partial charge in [0.1, 0.15) is 0 Å². The monoisotopic (exact) mass is 475 g/mol. The molecule has 1 aliphatic rings. The van der Waals surface area contributed by atoms with Gasteiger partial charge in [-0.1, -0.05) is 18.2 Å². The number of rotatable bonds is 7. The number of pyridine rings is 1. The van der Waals surface area contributed by atoms with Crippen LogP contribution in [0.4, 0.5) is 5.69 Å². The fourth-order valence-electron chi connectivity index (χ4n) is 5.05. The van der Waals surface area contributed by atoms with Crippen molar-refractivity contribution in [2.24, 2.45) is 0 Å². The number of nitrogens with one attached hydrogen (secondary N) is 2. The van der Waals surface area contributed by atoms with Crippen molar-refractivity contribution >= 4 is 28.9 Å². The topological polar surface area (TPSA) is 62.2 Å². The average Bonchev–Trinajstić information content (AvgIpc) is 3.27. The normalized spacial score (nSPS) is 17.8. The van der Waals surface area contributed by atoms with Crippen molar-refractivity contribution in [3.63, 3.8) is 0 Å². The predicted molar refractivity (Wildman–Crippen MR) is 141 cm³/mol. The second kappa shape index (κ2) is 9.97. The molecule has 0 saturated carbocycles. The molecule has 2 atom stereocenters. The molecule has 1 aromatic carbocycles. The van der Waals surface area contributed by atoms with Crippen molar-refractivity contribution in [1.29, 1.82) is 0 Å². The Hall–Kier alpha value is -3.19. The van der Waals surface area contributed by atoms with E-state index in [9.17, 15) is 4.79 Å². The summed E-state index contributed by atoms with van der Waals surface area (Å²) in [4.78, 5) is 19.6. The molecule has 1 fully saturated rings. The van der Waals surface area contributed by atoms with E-state index >= 15 is 0 Å². The summed E-state index contributed by atoms with van der Waals surface area (Å²) in [7, 11) is 0. The number of nitrogens with zero attached hydrogens (tertiary/aromatic N) is 3. The quantitative estimate of drug-likeness (QED) is 0.449. The molecule has 6 nitrogen and oxygen atoms in total. The van der Waals surface area contributed by atoms with Gasteiger partial charge in [-0.3, -0.25) is 9.78 Å². The van der Waals surface area contributed by atoms with Crippen molar-refractivity contribution in [2.75, 3.05) is 11.9 Å². The Morgan fingerprint density at radius 2 is 1.94 bits per heavy atom. The molecule has 178 valence electrons. The molecular weight excluding hydrogens is 442 g/mol. The van der Waals surface area contributed by atoms with E-state index in [-0.39, 0.29) is 18.0 Å². The molecule has 7 heteroatoms. The molecule has 1 saturated heterocycles. The summed E-state index contributed by atoms with van der Waals surface area (Å²) >= 11 is 5.78. The summed E-state index contributed by atoms with van der Waals surface area (Å²) in [5.41, 5.74) is 6.53. The minimum absolute atomic E-state index is 0.0268. The highest BCUT2D eigenvalue weighted by atomic mass is 32.1. The van der Waals surface area contributed by atoms with Crippen LogP contribution >= 0.6 is 12.2 Å². The Balaban J connectivity index is 1.62. The summed E-state index contributed by atoms with van der Waals surface area (Å²) in [5, 5.41) is 7.15. The van der Waals surface area contributed by atoms with Crippen LogP contribution in [-0.4, -0.2) is 32.0 Å². The van der Waals surface area contributed by atoms with Crippen LogP contribution in [0.1, 0.15) is 66.6 Å². The predicted octanol–water partition coefficient (Wildman–Crippen LogP) is 5.39. The molecule has 1 aliphatic heterocycles. The van der Waals surface area contributed by atoms with Crippen molar-refractivity contribution in [3.05, 3.63) is 82.9 Å². The van der Waals surface area contributed by atoms with E-state index in [0.717, 1.165) is 16.9 Å². The summed E-state index contributed by atoms with van der Waals surface area (Å²) in [6.45, 7) is 11.2. The maximum absolute atomic E-state index is 12.8. The minimum atomic E-state index is -0.0883. The number of hydrogen-bond acceptors (Lipinski definition) is 3. The van der Waals surface area contributed by atoms with E-state index in [4.69, 9.17) is 12.2 Å². The van der Waals surface area contributed by atoms with E-state index in [1.54, 1.807) is 0 Å². The number of benzene rings is 1. The van der Waals surface area contributed by atoms with Crippen LogP contribution in [0.5, 0.6) is 0 Å². The highest BCUT2D eigenvalue weighted by Crippen LogP contribution is 2.41. The average molecular weight is 476 g/mol. The van der Waals surface area contributed by atoms with Gasteiger partial charge in [-0.15, -0.1) is 0 Å². The second-order valence-electron chi connectivity index (χ2n) is 9.28. The van der Waals surface area contributed by atoms with Crippen LogP contribution in [-0.2, 0) is 4.79 Å². The van der Waals surface area contributed by atoms with Crippen LogP contribution in [0, 0.1) is 20.8 Å².